The summed E-state index contributed by atoms with van der Waals surface area (Å²) >= 11 is 1.77. The normalized spacial score (nSPS) is 25.3. The molecular formula is C13H23N3OS. The van der Waals surface area contributed by atoms with Crippen molar-refractivity contribution < 1.29 is 4.74 Å². The zero-order valence-corrected chi connectivity index (χ0v) is 12.5. The Morgan fingerprint density at radius 1 is 1.67 bits per heavy atom. The molecule has 1 aliphatic rings. The largest absolute Gasteiger partial charge is 0.376 e. The zero-order valence-electron chi connectivity index (χ0n) is 11.6. The molecule has 1 N–H and O–H groups in total. The minimum Gasteiger partial charge on any atom is -0.376 e. The predicted molar refractivity (Wildman–Crippen MR) is 76.4 cm³/mol. The van der Waals surface area contributed by atoms with Crippen molar-refractivity contribution in [3.63, 3.8) is 0 Å². The molecule has 1 aliphatic heterocycles. The molecule has 0 saturated carbocycles. The van der Waals surface area contributed by atoms with Crippen LogP contribution in [0.1, 0.15) is 38.1 Å². The second-order valence-electron chi connectivity index (χ2n) is 4.87. The minimum absolute atomic E-state index is 0.300. The van der Waals surface area contributed by atoms with Crippen LogP contribution in [0.15, 0.2) is 6.20 Å². The highest BCUT2D eigenvalue weighted by molar-refractivity contribution is 7.15. The van der Waals surface area contributed by atoms with Crippen LogP contribution in [0, 0.1) is 0 Å². The van der Waals surface area contributed by atoms with Gasteiger partial charge in [-0.05, 0) is 26.8 Å². The van der Waals surface area contributed by atoms with Crippen LogP contribution >= 0.6 is 11.3 Å². The molecule has 2 rings (SSSR count). The summed E-state index contributed by atoms with van der Waals surface area (Å²) in [5.41, 5.74) is 0. The predicted octanol–water partition coefficient (Wildman–Crippen LogP) is 2.43. The number of likely N-dealkylation sites (N-methyl/N-ethyl adjacent to an activating group) is 1. The van der Waals surface area contributed by atoms with Crippen LogP contribution in [0.3, 0.4) is 0 Å². The molecule has 0 aliphatic carbocycles. The first-order valence-corrected chi connectivity index (χ1v) is 7.48. The average Bonchev–Trinajstić information content (AvgIpc) is 2.97. The van der Waals surface area contributed by atoms with E-state index in [0.29, 0.717) is 18.2 Å². The summed E-state index contributed by atoms with van der Waals surface area (Å²) in [6.07, 6.45) is 3.38. The number of nitrogens with one attached hydrogen (secondary N) is 1. The first-order valence-electron chi connectivity index (χ1n) is 6.67. The van der Waals surface area contributed by atoms with Gasteiger partial charge in [0, 0.05) is 30.8 Å². The van der Waals surface area contributed by atoms with Crippen molar-refractivity contribution in [1.29, 1.82) is 0 Å². The number of nitrogens with zero attached hydrogens (tertiary/aromatic N) is 2. The van der Waals surface area contributed by atoms with Crippen molar-refractivity contribution in [3.8, 4) is 0 Å². The van der Waals surface area contributed by atoms with Gasteiger partial charge in [0.15, 0.2) is 5.13 Å². The summed E-state index contributed by atoms with van der Waals surface area (Å²) < 4.78 is 5.62. The smallest absolute Gasteiger partial charge is 0.185 e. The molecule has 2 heterocycles. The van der Waals surface area contributed by atoms with E-state index in [1.165, 1.54) is 4.88 Å². The highest BCUT2D eigenvalue weighted by atomic mass is 32.1. The third kappa shape index (κ3) is 2.84. The van der Waals surface area contributed by atoms with Crippen LogP contribution in [0.25, 0.3) is 0 Å². The number of hydrogen-bond acceptors (Lipinski definition) is 5. The highest BCUT2D eigenvalue weighted by Crippen LogP contribution is 2.30. The average molecular weight is 269 g/mol. The first-order chi connectivity index (χ1) is 8.63. The fourth-order valence-electron chi connectivity index (χ4n) is 2.42. The zero-order chi connectivity index (χ0) is 13.1. The number of anilines is 1. The second kappa shape index (κ2) is 5.99. The van der Waals surface area contributed by atoms with E-state index in [1.807, 2.05) is 6.20 Å². The number of hydrogen-bond donors (Lipinski definition) is 1. The second-order valence-corrected chi connectivity index (χ2v) is 5.91. The van der Waals surface area contributed by atoms with Crippen LogP contribution in [0.2, 0.25) is 0 Å². The third-order valence-electron chi connectivity index (χ3n) is 3.58. The van der Waals surface area contributed by atoms with E-state index in [1.54, 1.807) is 11.3 Å². The minimum atomic E-state index is 0.300. The molecule has 1 aromatic rings. The maximum Gasteiger partial charge on any atom is 0.185 e. The van der Waals surface area contributed by atoms with E-state index in [4.69, 9.17) is 4.74 Å². The molecule has 0 amide bonds. The summed E-state index contributed by atoms with van der Waals surface area (Å²) in [7, 11) is 2.12. The number of thiazole rings is 1. The summed E-state index contributed by atoms with van der Waals surface area (Å²) in [5.74, 6) is 0. The number of ether oxygens (including phenoxy) is 1. The topological polar surface area (TPSA) is 37.4 Å². The lowest BCUT2D eigenvalue weighted by atomic mass is 10.1. The first kappa shape index (κ1) is 13.8. The maximum absolute atomic E-state index is 5.62. The Bertz CT molecular complexity index is 382. The van der Waals surface area contributed by atoms with Crippen molar-refractivity contribution in [1.82, 2.24) is 10.3 Å². The Labute approximate surface area is 113 Å². The summed E-state index contributed by atoms with van der Waals surface area (Å²) in [4.78, 5) is 8.11. The van der Waals surface area contributed by atoms with Crippen molar-refractivity contribution in [3.05, 3.63) is 11.1 Å². The molecule has 18 heavy (non-hydrogen) atoms. The lowest BCUT2D eigenvalue weighted by molar-refractivity contribution is 0.118. The van der Waals surface area contributed by atoms with E-state index in [9.17, 15) is 0 Å². The highest BCUT2D eigenvalue weighted by Gasteiger charge is 2.29. The molecule has 1 aromatic heterocycles. The van der Waals surface area contributed by atoms with Gasteiger partial charge in [-0.15, -0.1) is 11.3 Å². The Kier molecular flexibility index (Phi) is 4.59. The van der Waals surface area contributed by atoms with Gasteiger partial charge in [-0.2, -0.15) is 0 Å². The Hall–Kier alpha value is -0.650. The van der Waals surface area contributed by atoms with Crippen molar-refractivity contribution in [2.75, 3.05) is 25.1 Å². The lowest BCUT2D eigenvalue weighted by Crippen LogP contribution is -2.36. The van der Waals surface area contributed by atoms with Crippen molar-refractivity contribution in [2.45, 2.75) is 45.4 Å². The fraction of sp³-hybridized carbons (Fsp3) is 0.769. The van der Waals surface area contributed by atoms with Gasteiger partial charge in [-0.3, -0.25) is 0 Å². The molecule has 102 valence electrons. The van der Waals surface area contributed by atoms with Crippen LogP contribution in [0.4, 0.5) is 5.13 Å². The van der Waals surface area contributed by atoms with E-state index < -0.39 is 0 Å². The van der Waals surface area contributed by atoms with Gasteiger partial charge < -0.3 is 15.0 Å². The van der Waals surface area contributed by atoms with Gasteiger partial charge in [0.25, 0.3) is 0 Å². The van der Waals surface area contributed by atoms with Gasteiger partial charge in [0.05, 0.1) is 12.1 Å². The summed E-state index contributed by atoms with van der Waals surface area (Å²) in [6, 6.07) is 0.838. The monoisotopic (exact) mass is 269 g/mol. The summed E-state index contributed by atoms with van der Waals surface area (Å²) in [6.45, 7) is 8.30. The molecule has 5 heteroatoms. The van der Waals surface area contributed by atoms with Crippen LogP contribution in [0.5, 0.6) is 0 Å². The number of aromatic nitrogens is 1. The Morgan fingerprint density at radius 2 is 2.44 bits per heavy atom. The van der Waals surface area contributed by atoms with E-state index in [0.717, 1.165) is 24.7 Å². The van der Waals surface area contributed by atoms with Crippen LogP contribution in [-0.4, -0.2) is 37.3 Å². The lowest BCUT2D eigenvalue weighted by Gasteiger charge is -2.26. The standard InChI is InChI=1S/C13H23N3OS/c1-5-14-9(2)12-8-15-13(18-12)16(4)11-6-7-17-10(11)3/h8-11,14H,5-7H2,1-4H3. The third-order valence-corrected chi connectivity index (χ3v) is 4.85. The Morgan fingerprint density at radius 3 is 3.06 bits per heavy atom. The van der Waals surface area contributed by atoms with Crippen molar-refractivity contribution >= 4 is 16.5 Å². The fourth-order valence-corrected chi connectivity index (χ4v) is 3.38. The van der Waals surface area contributed by atoms with Gasteiger partial charge in [0.2, 0.25) is 0 Å². The van der Waals surface area contributed by atoms with E-state index >= 15 is 0 Å². The molecule has 3 atom stereocenters. The van der Waals surface area contributed by atoms with Gasteiger partial charge in [-0.25, -0.2) is 4.98 Å². The van der Waals surface area contributed by atoms with Crippen LogP contribution in [-0.2, 0) is 4.74 Å². The summed E-state index contributed by atoms with van der Waals surface area (Å²) in [5, 5.41) is 4.51. The maximum atomic E-state index is 5.62. The van der Waals surface area contributed by atoms with Gasteiger partial charge in [0.1, 0.15) is 0 Å². The SMILES string of the molecule is CCNC(C)c1cnc(N(C)C2CCOC2C)s1. The number of rotatable bonds is 5. The molecule has 0 radical (unpaired) electrons. The molecule has 0 aromatic carbocycles. The van der Waals surface area contributed by atoms with Crippen molar-refractivity contribution in [2.24, 2.45) is 0 Å². The van der Waals surface area contributed by atoms with Gasteiger partial charge in [-0.1, -0.05) is 6.92 Å². The molecule has 3 unspecified atom stereocenters. The van der Waals surface area contributed by atoms with Gasteiger partial charge >= 0.3 is 0 Å². The molecule has 1 fully saturated rings. The molecule has 0 spiro atoms. The quantitative estimate of drug-likeness (QED) is 0.891. The van der Waals surface area contributed by atoms with E-state index in [2.05, 4.69) is 43.0 Å². The van der Waals surface area contributed by atoms with Crippen LogP contribution < -0.4 is 10.2 Å². The molecular weight excluding hydrogens is 246 g/mol. The molecule has 0 bridgehead atoms. The Balaban J connectivity index is 2.05. The molecule has 1 saturated heterocycles. The molecule has 4 nitrogen and oxygen atoms in total. The van der Waals surface area contributed by atoms with E-state index in [-0.39, 0.29) is 0 Å².